The molecule has 0 unspecified atom stereocenters. The molecule has 0 aliphatic heterocycles. The number of fused-ring (bicyclic) bond motifs is 3. The highest BCUT2D eigenvalue weighted by molar-refractivity contribution is 6.49. The highest BCUT2D eigenvalue weighted by Crippen LogP contribution is 2.35. The maximum atomic E-state index is 10.6. The number of hydrogen-bond acceptors (Lipinski definition) is 2. The van der Waals surface area contributed by atoms with E-state index in [0.717, 1.165) is 22.2 Å². The van der Waals surface area contributed by atoms with Crippen LogP contribution in [0.15, 0.2) is 103 Å². The third-order valence-corrected chi connectivity index (χ3v) is 7.17. The summed E-state index contributed by atoms with van der Waals surface area (Å²) >= 11 is 0. The van der Waals surface area contributed by atoms with Gasteiger partial charge in [-0.2, -0.15) is 0 Å². The summed E-state index contributed by atoms with van der Waals surface area (Å²) < 4.78 is 6.22. The summed E-state index contributed by atoms with van der Waals surface area (Å²) in [6, 6.07) is 36.3. The Hall–Kier alpha value is -3.40. The van der Waals surface area contributed by atoms with Crippen LogP contribution >= 0.6 is 0 Å². The highest BCUT2D eigenvalue weighted by Gasteiger charge is 2.36. The predicted molar refractivity (Wildman–Crippen MR) is 149 cm³/mol. The monoisotopic (exact) mass is 457 g/mol. The van der Waals surface area contributed by atoms with Crippen LogP contribution in [0.2, 0.25) is 0 Å². The summed E-state index contributed by atoms with van der Waals surface area (Å²) in [5, 5.41) is 15.6. The molecule has 5 rings (SSSR count). The zero-order chi connectivity index (χ0) is 24.6. The lowest BCUT2D eigenvalue weighted by atomic mass is 9.77. The minimum Gasteiger partial charge on any atom is -0.427 e. The lowest BCUT2D eigenvalue weighted by molar-refractivity contribution is -0.0893. The molecule has 0 saturated heterocycles. The second-order valence-corrected chi connectivity index (χ2v) is 10.2. The van der Waals surface area contributed by atoms with Gasteiger partial charge in [0.25, 0.3) is 0 Å². The van der Waals surface area contributed by atoms with E-state index in [0.29, 0.717) is 0 Å². The summed E-state index contributed by atoms with van der Waals surface area (Å²) in [5.41, 5.74) is 3.75. The summed E-state index contributed by atoms with van der Waals surface area (Å²) in [6.07, 6.45) is 0. The van der Waals surface area contributed by atoms with Crippen LogP contribution in [0.4, 0.5) is 0 Å². The molecule has 0 amide bonds. The molecular formula is C32H30BO2. The van der Waals surface area contributed by atoms with Gasteiger partial charge in [0.05, 0.1) is 11.2 Å². The van der Waals surface area contributed by atoms with Crippen molar-refractivity contribution in [2.45, 2.75) is 38.9 Å². The van der Waals surface area contributed by atoms with Crippen LogP contribution in [-0.4, -0.2) is 23.8 Å². The second kappa shape index (κ2) is 9.00. The topological polar surface area (TPSA) is 29.5 Å². The van der Waals surface area contributed by atoms with Crippen molar-refractivity contribution in [2.75, 3.05) is 0 Å². The molecule has 173 valence electrons. The minimum absolute atomic E-state index is 0.757. The van der Waals surface area contributed by atoms with E-state index in [9.17, 15) is 5.11 Å². The Balaban J connectivity index is 1.67. The van der Waals surface area contributed by atoms with E-state index in [-0.39, 0.29) is 0 Å². The number of benzene rings is 5. The molecule has 0 aliphatic rings. The maximum Gasteiger partial charge on any atom is 0.331 e. The number of aliphatic hydroxyl groups is 1. The molecule has 0 aromatic heterocycles. The van der Waals surface area contributed by atoms with Crippen LogP contribution in [0, 0.1) is 0 Å². The Morgan fingerprint density at radius 2 is 1.23 bits per heavy atom. The molecule has 0 heterocycles. The van der Waals surface area contributed by atoms with Crippen LogP contribution in [0.3, 0.4) is 0 Å². The fraction of sp³-hybridized carbons (Fsp3) is 0.188. The molecule has 2 nitrogen and oxygen atoms in total. The normalized spacial score (nSPS) is 12.3. The van der Waals surface area contributed by atoms with Gasteiger partial charge >= 0.3 is 7.48 Å². The van der Waals surface area contributed by atoms with E-state index in [1.54, 1.807) is 21.3 Å². The first kappa shape index (κ1) is 23.4. The predicted octanol–water partition coefficient (Wildman–Crippen LogP) is 7.14. The van der Waals surface area contributed by atoms with Gasteiger partial charge in [-0.15, -0.1) is 0 Å². The average molecular weight is 457 g/mol. The van der Waals surface area contributed by atoms with E-state index in [1.807, 2.05) is 32.0 Å². The van der Waals surface area contributed by atoms with Crippen molar-refractivity contribution in [3.63, 3.8) is 0 Å². The number of rotatable bonds is 6. The summed E-state index contributed by atoms with van der Waals surface area (Å²) in [6.45, 7) is 7.37. The molecule has 5 aromatic carbocycles. The van der Waals surface area contributed by atoms with Crippen molar-refractivity contribution < 1.29 is 9.76 Å². The fourth-order valence-electron chi connectivity index (χ4n) is 4.36. The van der Waals surface area contributed by atoms with Gasteiger partial charge in [-0.05, 0) is 83.0 Å². The minimum atomic E-state index is -0.997. The lowest BCUT2D eigenvalue weighted by Gasteiger charge is -2.37. The largest absolute Gasteiger partial charge is 0.427 e. The molecule has 0 saturated carbocycles. The molecule has 5 aromatic rings. The molecule has 0 atom stereocenters. The van der Waals surface area contributed by atoms with Crippen molar-refractivity contribution in [1.29, 1.82) is 0 Å². The zero-order valence-electron chi connectivity index (χ0n) is 20.7. The maximum absolute atomic E-state index is 10.6. The van der Waals surface area contributed by atoms with Gasteiger partial charge in [-0.1, -0.05) is 97.1 Å². The van der Waals surface area contributed by atoms with E-state index >= 15 is 0 Å². The number of hydrogen-bond donors (Lipinski definition) is 1. The van der Waals surface area contributed by atoms with Crippen molar-refractivity contribution in [3.05, 3.63) is 103 Å². The molecule has 1 radical (unpaired) electrons. The van der Waals surface area contributed by atoms with Gasteiger partial charge in [-0.25, -0.2) is 0 Å². The molecule has 3 heteroatoms. The summed E-state index contributed by atoms with van der Waals surface area (Å²) in [5.74, 6) is 0. The SMILES string of the molecule is CC(C)(O)C(C)(C)O[B]c1cc(-c2cc3ccccc3c3ccccc23)ccc1-c1ccccc1. The molecule has 0 bridgehead atoms. The standard InChI is InChI=1S/C32H30BO2/c1-31(2,34)32(3,4)35-33-30-21-24(18-19-26(30)22-12-6-5-7-13-22)29-20-23-14-8-9-15-25(23)27-16-10-11-17-28(27)29/h5-21,34H,1-4H3. The van der Waals surface area contributed by atoms with E-state index in [4.69, 9.17) is 4.65 Å². The summed E-state index contributed by atoms with van der Waals surface area (Å²) in [7, 11) is 1.80. The Labute approximate surface area is 208 Å². The van der Waals surface area contributed by atoms with Crippen LogP contribution in [-0.2, 0) is 4.65 Å². The van der Waals surface area contributed by atoms with Gasteiger partial charge < -0.3 is 9.76 Å². The third kappa shape index (κ3) is 4.50. The molecule has 0 fully saturated rings. The Bertz CT molecular complexity index is 1500. The first-order valence-electron chi connectivity index (χ1n) is 12.1. The van der Waals surface area contributed by atoms with Gasteiger partial charge in [0.1, 0.15) is 0 Å². The van der Waals surface area contributed by atoms with E-state index in [2.05, 4.69) is 84.9 Å². The lowest BCUT2D eigenvalue weighted by Crippen LogP contribution is -2.49. The third-order valence-electron chi connectivity index (χ3n) is 7.17. The van der Waals surface area contributed by atoms with Crippen molar-refractivity contribution in [2.24, 2.45) is 0 Å². The van der Waals surface area contributed by atoms with Crippen molar-refractivity contribution in [1.82, 2.24) is 0 Å². The quantitative estimate of drug-likeness (QED) is 0.217. The van der Waals surface area contributed by atoms with Gasteiger partial charge in [-0.3, -0.25) is 0 Å². The first-order valence-corrected chi connectivity index (χ1v) is 12.1. The average Bonchev–Trinajstić information content (AvgIpc) is 2.87. The van der Waals surface area contributed by atoms with E-state index < -0.39 is 11.2 Å². The van der Waals surface area contributed by atoms with Crippen LogP contribution in [0.5, 0.6) is 0 Å². The first-order chi connectivity index (χ1) is 16.7. The summed E-state index contributed by atoms with van der Waals surface area (Å²) in [4.78, 5) is 0. The molecule has 1 N–H and O–H groups in total. The van der Waals surface area contributed by atoms with Crippen LogP contribution in [0.1, 0.15) is 27.7 Å². The van der Waals surface area contributed by atoms with Gasteiger partial charge in [0, 0.05) is 0 Å². The Morgan fingerprint density at radius 1 is 0.600 bits per heavy atom. The fourth-order valence-corrected chi connectivity index (χ4v) is 4.36. The second-order valence-electron chi connectivity index (χ2n) is 10.2. The Morgan fingerprint density at radius 3 is 1.94 bits per heavy atom. The zero-order valence-corrected chi connectivity index (χ0v) is 20.7. The Kier molecular flexibility index (Phi) is 6.00. The molecular weight excluding hydrogens is 427 g/mol. The van der Waals surface area contributed by atoms with Crippen LogP contribution < -0.4 is 5.46 Å². The van der Waals surface area contributed by atoms with E-state index in [1.165, 1.54) is 27.1 Å². The molecule has 35 heavy (non-hydrogen) atoms. The van der Waals surface area contributed by atoms with Gasteiger partial charge in [0.15, 0.2) is 0 Å². The van der Waals surface area contributed by atoms with Crippen molar-refractivity contribution in [3.8, 4) is 22.3 Å². The van der Waals surface area contributed by atoms with Gasteiger partial charge in [0.2, 0.25) is 0 Å². The molecule has 0 spiro atoms. The van der Waals surface area contributed by atoms with Crippen molar-refractivity contribution >= 4 is 34.5 Å². The molecule has 0 aliphatic carbocycles. The smallest absolute Gasteiger partial charge is 0.331 e. The van der Waals surface area contributed by atoms with Crippen LogP contribution in [0.25, 0.3) is 43.8 Å². The highest BCUT2D eigenvalue weighted by atomic mass is 16.5.